The third kappa shape index (κ3) is 2.64. The Morgan fingerprint density at radius 3 is 2.71 bits per heavy atom. The molecule has 2 heterocycles. The van der Waals surface area contributed by atoms with Crippen LogP contribution in [0.4, 0.5) is 0 Å². The van der Waals surface area contributed by atoms with Gasteiger partial charge in [-0.05, 0) is 44.5 Å². The molecule has 1 aliphatic heterocycles. The number of aromatic nitrogens is 1. The second-order valence-corrected chi connectivity index (χ2v) is 4.57. The van der Waals surface area contributed by atoms with Gasteiger partial charge in [0.15, 0.2) is 0 Å². The maximum absolute atomic E-state index is 11.5. The van der Waals surface area contributed by atoms with Gasteiger partial charge in [-0.1, -0.05) is 6.42 Å². The number of nitrogens with zero attached hydrogens (tertiary/aromatic N) is 2. The molecule has 92 valence electrons. The number of piperidine rings is 1. The fraction of sp³-hybridized carbons (Fsp3) is 0.538. The molecule has 1 atom stereocenters. The third-order valence-electron chi connectivity index (χ3n) is 3.36. The largest absolute Gasteiger partial charge is 0.480 e. The van der Waals surface area contributed by atoms with Crippen LogP contribution in [-0.2, 0) is 4.79 Å². The zero-order chi connectivity index (χ0) is 12.3. The first-order valence-corrected chi connectivity index (χ1v) is 6.07. The molecule has 0 spiro atoms. The van der Waals surface area contributed by atoms with Gasteiger partial charge < -0.3 is 5.11 Å². The lowest BCUT2D eigenvalue weighted by molar-refractivity contribution is -0.144. The van der Waals surface area contributed by atoms with Crippen molar-refractivity contribution < 1.29 is 9.90 Å². The van der Waals surface area contributed by atoms with Crippen molar-refractivity contribution >= 4 is 5.97 Å². The molecule has 1 unspecified atom stereocenters. The van der Waals surface area contributed by atoms with Crippen molar-refractivity contribution in [2.24, 2.45) is 0 Å². The molecule has 1 fully saturated rings. The van der Waals surface area contributed by atoms with E-state index in [-0.39, 0.29) is 0 Å². The standard InChI is InChI=1S/C13H18N2O2/c1-10-5-6-14-9-11(10)12(13(16)17)15-7-3-2-4-8-15/h5-6,9,12H,2-4,7-8H2,1H3,(H,16,17). The van der Waals surface area contributed by atoms with Gasteiger partial charge in [0.1, 0.15) is 6.04 Å². The zero-order valence-corrected chi connectivity index (χ0v) is 10.1. The van der Waals surface area contributed by atoms with E-state index >= 15 is 0 Å². The van der Waals surface area contributed by atoms with E-state index in [1.165, 1.54) is 6.42 Å². The van der Waals surface area contributed by atoms with Crippen LogP contribution in [0.15, 0.2) is 18.5 Å². The highest BCUT2D eigenvalue weighted by Gasteiger charge is 2.29. The number of pyridine rings is 1. The van der Waals surface area contributed by atoms with Crippen LogP contribution in [0.2, 0.25) is 0 Å². The van der Waals surface area contributed by atoms with Gasteiger partial charge in [-0.3, -0.25) is 14.7 Å². The number of hydrogen-bond donors (Lipinski definition) is 1. The van der Waals surface area contributed by atoms with Crippen molar-refractivity contribution in [2.45, 2.75) is 32.2 Å². The molecule has 17 heavy (non-hydrogen) atoms. The number of aliphatic carboxylic acids is 1. The predicted molar refractivity (Wildman–Crippen MR) is 64.8 cm³/mol. The summed E-state index contributed by atoms with van der Waals surface area (Å²) in [6, 6.07) is 1.33. The Morgan fingerprint density at radius 2 is 2.12 bits per heavy atom. The number of hydrogen-bond acceptors (Lipinski definition) is 3. The highest BCUT2D eigenvalue weighted by Crippen LogP contribution is 2.26. The lowest BCUT2D eigenvalue weighted by atomic mass is 10.00. The molecule has 1 aliphatic rings. The van der Waals surface area contributed by atoms with E-state index in [2.05, 4.69) is 9.88 Å². The average Bonchev–Trinajstić information content (AvgIpc) is 2.33. The van der Waals surface area contributed by atoms with E-state index in [1.807, 2.05) is 13.0 Å². The Kier molecular flexibility index (Phi) is 3.74. The molecular formula is C13H18N2O2. The summed E-state index contributed by atoms with van der Waals surface area (Å²) in [6.45, 7) is 3.67. The fourth-order valence-corrected chi connectivity index (χ4v) is 2.42. The summed E-state index contributed by atoms with van der Waals surface area (Å²) in [5.74, 6) is -0.775. The van der Waals surface area contributed by atoms with Gasteiger partial charge in [0.05, 0.1) is 0 Å². The van der Waals surface area contributed by atoms with Crippen molar-refractivity contribution in [2.75, 3.05) is 13.1 Å². The van der Waals surface area contributed by atoms with E-state index in [0.717, 1.165) is 37.1 Å². The Bertz CT molecular complexity index is 400. The van der Waals surface area contributed by atoms with E-state index in [1.54, 1.807) is 12.4 Å². The average molecular weight is 234 g/mol. The first-order valence-electron chi connectivity index (χ1n) is 6.07. The van der Waals surface area contributed by atoms with E-state index in [9.17, 15) is 9.90 Å². The van der Waals surface area contributed by atoms with Gasteiger partial charge in [0, 0.05) is 18.0 Å². The van der Waals surface area contributed by atoms with Crippen LogP contribution >= 0.6 is 0 Å². The minimum Gasteiger partial charge on any atom is -0.480 e. The highest BCUT2D eigenvalue weighted by molar-refractivity contribution is 5.76. The summed E-state index contributed by atoms with van der Waals surface area (Å²) >= 11 is 0. The van der Waals surface area contributed by atoms with E-state index in [4.69, 9.17) is 0 Å². The minimum atomic E-state index is -0.775. The van der Waals surface area contributed by atoms with Crippen molar-refractivity contribution in [1.82, 2.24) is 9.88 Å². The van der Waals surface area contributed by atoms with Crippen LogP contribution in [0, 0.1) is 6.92 Å². The molecule has 2 rings (SSSR count). The molecule has 1 aromatic rings. The summed E-state index contributed by atoms with van der Waals surface area (Å²) in [6.07, 6.45) is 6.76. The number of rotatable bonds is 3. The molecule has 0 amide bonds. The molecule has 0 aromatic carbocycles. The molecule has 4 nitrogen and oxygen atoms in total. The molecule has 4 heteroatoms. The summed E-state index contributed by atoms with van der Waals surface area (Å²) in [5.41, 5.74) is 1.82. The smallest absolute Gasteiger partial charge is 0.325 e. The van der Waals surface area contributed by atoms with Crippen LogP contribution < -0.4 is 0 Å². The zero-order valence-electron chi connectivity index (χ0n) is 10.1. The maximum atomic E-state index is 11.5. The second-order valence-electron chi connectivity index (χ2n) is 4.57. The Balaban J connectivity index is 2.28. The van der Waals surface area contributed by atoms with Crippen LogP contribution in [0.3, 0.4) is 0 Å². The molecule has 0 radical (unpaired) electrons. The summed E-state index contributed by atoms with van der Waals surface area (Å²) in [5, 5.41) is 9.43. The molecule has 0 saturated carbocycles. The fourth-order valence-electron chi connectivity index (χ4n) is 2.42. The van der Waals surface area contributed by atoms with Gasteiger partial charge in [-0.25, -0.2) is 0 Å². The Morgan fingerprint density at radius 1 is 1.41 bits per heavy atom. The summed E-state index contributed by atoms with van der Waals surface area (Å²) in [7, 11) is 0. The number of likely N-dealkylation sites (tertiary alicyclic amines) is 1. The van der Waals surface area contributed by atoms with Gasteiger partial charge in [0.2, 0.25) is 0 Å². The SMILES string of the molecule is Cc1ccncc1C(C(=O)O)N1CCCCC1. The van der Waals surface area contributed by atoms with Gasteiger partial charge in [-0.15, -0.1) is 0 Å². The van der Waals surface area contributed by atoms with Crippen LogP contribution in [-0.4, -0.2) is 34.0 Å². The van der Waals surface area contributed by atoms with E-state index < -0.39 is 12.0 Å². The number of carboxylic acid groups (broad SMARTS) is 1. The summed E-state index contributed by atoms with van der Waals surface area (Å²) in [4.78, 5) is 17.6. The first-order chi connectivity index (χ1) is 8.20. The quantitative estimate of drug-likeness (QED) is 0.869. The molecule has 1 saturated heterocycles. The number of carbonyl (C=O) groups is 1. The predicted octanol–water partition coefficient (Wildman–Crippen LogP) is 2.00. The topological polar surface area (TPSA) is 53.4 Å². The first kappa shape index (κ1) is 12.0. The molecule has 0 bridgehead atoms. The van der Waals surface area contributed by atoms with Gasteiger partial charge in [-0.2, -0.15) is 0 Å². The Hall–Kier alpha value is -1.42. The minimum absolute atomic E-state index is 0.538. The van der Waals surface area contributed by atoms with Crippen molar-refractivity contribution in [1.29, 1.82) is 0 Å². The third-order valence-corrected chi connectivity index (χ3v) is 3.36. The van der Waals surface area contributed by atoms with E-state index in [0.29, 0.717) is 0 Å². The molecule has 1 N–H and O–H groups in total. The van der Waals surface area contributed by atoms with Crippen molar-refractivity contribution in [3.8, 4) is 0 Å². The lowest BCUT2D eigenvalue weighted by Crippen LogP contribution is -2.38. The number of carboxylic acids is 1. The molecular weight excluding hydrogens is 216 g/mol. The van der Waals surface area contributed by atoms with Crippen molar-refractivity contribution in [3.63, 3.8) is 0 Å². The molecule has 0 aliphatic carbocycles. The van der Waals surface area contributed by atoms with Crippen LogP contribution in [0.25, 0.3) is 0 Å². The highest BCUT2D eigenvalue weighted by atomic mass is 16.4. The van der Waals surface area contributed by atoms with Crippen molar-refractivity contribution in [3.05, 3.63) is 29.6 Å². The van der Waals surface area contributed by atoms with Gasteiger partial charge >= 0.3 is 5.97 Å². The Labute approximate surface area is 101 Å². The van der Waals surface area contributed by atoms with Gasteiger partial charge in [0.25, 0.3) is 0 Å². The van der Waals surface area contributed by atoms with Crippen LogP contribution in [0.1, 0.15) is 36.4 Å². The monoisotopic (exact) mass is 234 g/mol. The normalized spacial score (nSPS) is 18.9. The lowest BCUT2D eigenvalue weighted by Gasteiger charge is -2.32. The van der Waals surface area contributed by atoms with Crippen LogP contribution in [0.5, 0.6) is 0 Å². The summed E-state index contributed by atoms with van der Waals surface area (Å²) < 4.78 is 0. The second kappa shape index (κ2) is 5.27. The molecule has 1 aromatic heterocycles. The maximum Gasteiger partial charge on any atom is 0.325 e. The number of aryl methyl sites for hydroxylation is 1.